The van der Waals surface area contributed by atoms with E-state index in [0.717, 1.165) is 12.1 Å². The van der Waals surface area contributed by atoms with Crippen molar-refractivity contribution >= 4 is 5.97 Å². The monoisotopic (exact) mass is 365 g/mol. The van der Waals surface area contributed by atoms with Crippen molar-refractivity contribution in [3.63, 3.8) is 0 Å². The number of hydrogen-bond donors (Lipinski definition) is 1. The molecule has 0 spiro atoms. The van der Waals surface area contributed by atoms with E-state index in [1.165, 1.54) is 12.1 Å². The number of ether oxygens (including phenoxy) is 1. The van der Waals surface area contributed by atoms with Crippen LogP contribution in [0.25, 0.3) is 0 Å². The summed E-state index contributed by atoms with van der Waals surface area (Å²) in [6.07, 6.45) is -3.86. The van der Waals surface area contributed by atoms with Crippen molar-refractivity contribution in [2.24, 2.45) is 0 Å². The summed E-state index contributed by atoms with van der Waals surface area (Å²) in [5, 5.41) is 9.20. The number of carbonyl (C=O) groups is 1. The molecule has 0 radical (unpaired) electrons. The molecule has 0 bridgehead atoms. The van der Waals surface area contributed by atoms with Gasteiger partial charge in [-0.1, -0.05) is 30.3 Å². The van der Waals surface area contributed by atoms with E-state index in [1.54, 1.807) is 24.3 Å². The van der Waals surface area contributed by atoms with Crippen molar-refractivity contribution in [1.29, 1.82) is 0 Å². The lowest BCUT2D eigenvalue weighted by Crippen LogP contribution is -2.25. The Morgan fingerprint density at radius 1 is 1.19 bits per heavy atom. The van der Waals surface area contributed by atoms with E-state index in [9.17, 15) is 23.1 Å². The average molecular weight is 365 g/mol. The van der Waals surface area contributed by atoms with E-state index in [0.29, 0.717) is 37.4 Å². The Balaban J connectivity index is 1.62. The van der Waals surface area contributed by atoms with Crippen LogP contribution in [-0.4, -0.2) is 35.2 Å². The predicted molar refractivity (Wildman–Crippen MR) is 89.2 cm³/mol. The second kappa shape index (κ2) is 7.37. The molecule has 1 saturated heterocycles. The first kappa shape index (κ1) is 18.3. The fourth-order valence-corrected chi connectivity index (χ4v) is 3.07. The molecule has 1 unspecified atom stereocenters. The van der Waals surface area contributed by atoms with E-state index < -0.39 is 17.7 Å². The van der Waals surface area contributed by atoms with Gasteiger partial charge in [-0.25, -0.2) is 4.79 Å². The first-order valence-corrected chi connectivity index (χ1v) is 8.20. The highest BCUT2D eigenvalue weighted by atomic mass is 19.4. The number of aromatic carboxylic acids is 1. The Labute approximate surface area is 148 Å². The van der Waals surface area contributed by atoms with Crippen molar-refractivity contribution in [1.82, 2.24) is 4.90 Å². The van der Waals surface area contributed by atoms with Gasteiger partial charge in [0.05, 0.1) is 5.56 Å². The number of benzene rings is 2. The minimum Gasteiger partial charge on any atom is -0.488 e. The van der Waals surface area contributed by atoms with Gasteiger partial charge in [-0.2, -0.15) is 13.2 Å². The summed E-state index contributed by atoms with van der Waals surface area (Å²) in [4.78, 5) is 13.2. The van der Waals surface area contributed by atoms with Gasteiger partial charge in [0.25, 0.3) is 0 Å². The molecule has 1 aliphatic heterocycles. The van der Waals surface area contributed by atoms with E-state index >= 15 is 0 Å². The number of para-hydroxylation sites is 1. The number of carboxylic acids is 1. The number of halogens is 3. The molecule has 0 aliphatic carbocycles. The molecule has 26 heavy (non-hydrogen) atoms. The van der Waals surface area contributed by atoms with E-state index in [1.807, 2.05) is 4.90 Å². The van der Waals surface area contributed by atoms with Gasteiger partial charge in [-0.15, -0.1) is 0 Å². The molecule has 0 saturated carbocycles. The molecule has 1 aliphatic rings. The van der Waals surface area contributed by atoms with Crippen molar-refractivity contribution in [2.45, 2.75) is 25.2 Å². The molecule has 7 heteroatoms. The summed E-state index contributed by atoms with van der Waals surface area (Å²) in [6, 6.07) is 11.7. The van der Waals surface area contributed by atoms with Crippen LogP contribution in [0.15, 0.2) is 48.5 Å². The number of carboxylic acid groups (broad SMARTS) is 1. The maximum absolute atomic E-state index is 12.8. The second-order valence-corrected chi connectivity index (χ2v) is 6.26. The van der Waals surface area contributed by atoms with Gasteiger partial charge < -0.3 is 9.84 Å². The number of alkyl halides is 3. The third-order valence-corrected chi connectivity index (χ3v) is 4.30. The van der Waals surface area contributed by atoms with Crippen LogP contribution in [0.3, 0.4) is 0 Å². The largest absolute Gasteiger partial charge is 0.488 e. The summed E-state index contributed by atoms with van der Waals surface area (Å²) in [7, 11) is 0. The molecule has 138 valence electrons. The van der Waals surface area contributed by atoms with Gasteiger partial charge >= 0.3 is 12.1 Å². The van der Waals surface area contributed by atoms with Gasteiger partial charge in [0, 0.05) is 19.6 Å². The summed E-state index contributed by atoms with van der Waals surface area (Å²) in [5.74, 6) is -0.745. The third kappa shape index (κ3) is 4.35. The molecule has 0 aromatic heterocycles. The predicted octanol–water partition coefficient (Wildman–Crippen LogP) is 4.06. The minimum absolute atomic E-state index is 0.101. The van der Waals surface area contributed by atoms with Crippen LogP contribution in [-0.2, 0) is 12.7 Å². The molecule has 4 nitrogen and oxygen atoms in total. The lowest BCUT2D eigenvalue weighted by Gasteiger charge is -2.18. The highest BCUT2D eigenvalue weighted by molar-refractivity contribution is 5.90. The second-order valence-electron chi connectivity index (χ2n) is 6.26. The van der Waals surface area contributed by atoms with Crippen LogP contribution in [0.5, 0.6) is 5.75 Å². The summed E-state index contributed by atoms with van der Waals surface area (Å²) < 4.78 is 44.2. The Bertz CT molecular complexity index is 792. The maximum atomic E-state index is 12.8. The van der Waals surface area contributed by atoms with Crippen LogP contribution in [0.1, 0.15) is 27.9 Å². The Morgan fingerprint density at radius 2 is 1.96 bits per heavy atom. The molecule has 0 amide bonds. The number of likely N-dealkylation sites (tertiary alicyclic amines) is 1. The molecule has 1 N–H and O–H groups in total. The van der Waals surface area contributed by atoms with Crippen molar-refractivity contribution in [2.75, 3.05) is 13.1 Å². The zero-order chi connectivity index (χ0) is 18.7. The molecular weight excluding hydrogens is 347 g/mol. The molecule has 2 aromatic carbocycles. The smallest absolute Gasteiger partial charge is 0.416 e. The SMILES string of the molecule is O=C(O)c1ccccc1OC1CCN(Cc2cccc(C(F)(F)F)c2)C1. The Morgan fingerprint density at radius 3 is 2.69 bits per heavy atom. The Kier molecular flexibility index (Phi) is 5.18. The molecule has 3 rings (SSSR count). The zero-order valence-electron chi connectivity index (χ0n) is 13.9. The van der Waals surface area contributed by atoms with Crippen molar-refractivity contribution in [3.05, 3.63) is 65.2 Å². The fraction of sp³-hybridized carbons (Fsp3) is 0.316. The van der Waals surface area contributed by atoms with E-state index in [4.69, 9.17) is 4.74 Å². The molecule has 2 aromatic rings. The molecule has 1 fully saturated rings. The number of hydrogen-bond acceptors (Lipinski definition) is 3. The quantitative estimate of drug-likeness (QED) is 0.868. The molecular formula is C19H18F3NO3. The standard InChI is InChI=1S/C19H18F3NO3/c20-19(21,22)14-5-3-4-13(10-14)11-23-9-8-15(12-23)26-17-7-2-1-6-16(17)18(24)25/h1-7,10,15H,8-9,11-12H2,(H,24,25). The van der Waals surface area contributed by atoms with Crippen LogP contribution >= 0.6 is 0 Å². The number of rotatable bonds is 5. The first-order chi connectivity index (χ1) is 12.3. The summed E-state index contributed by atoms with van der Waals surface area (Å²) in [6.45, 7) is 1.60. The van der Waals surface area contributed by atoms with Crippen LogP contribution in [0.2, 0.25) is 0 Å². The molecule has 1 atom stereocenters. The first-order valence-electron chi connectivity index (χ1n) is 8.20. The van der Waals surface area contributed by atoms with E-state index in [2.05, 4.69) is 0 Å². The highest BCUT2D eigenvalue weighted by Gasteiger charge is 2.31. The number of nitrogens with zero attached hydrogens (tertiary/aromatic N) is 1. The van der Waals surface area contributed by atoms with Gasteiger partial charge in [0.2, 0.25) is 0 Å². The zero-order valence-corrected chi connectivity index (χ0v) is 13.9. The van der Waals surface area contributed by atoms with Gasteiger partial charge in [0.1, 0.15) is 17.4 Å². The van der Waals surface area contributed by atoms with Crippen LogP contribution in [0.4, 0.5) is 13.2 Å². The summed E-state index contributed by atoms with van der Waals surface area (Å²) >= 11 is 0. The third-order valence-electron chi connectivity index (χ3n) is 4.30. The van der Waals surface area contributed by atoms with Gasteiger partial charge in [-0.05, 0) is 30.2 Å². The lowest BCUT2D eigenvalue weighted by molar-refractivity contribution is -0.137. The lowest BCUT2D eigenvalue weighted by atomic mass is 10.1. The topological polar surface area (TPSA) is 49.8 Å². The highest BCUT2D eigenvalue weighted by Crippen LogP contribution is 2.30. The van der Waals surface area contributed by atoms with Crippen LogP contribution < -0.4 is 4.74 Å². The Hall–Kier alpha value is -2.54. The van der Waals surface area contributed by atoms with Crippen LogP contribution in [0, 0.1) is 0 Å². The van der Waals surface area contributed by atoms with Crippen molar-refractivity contribution in [3.8, 4) is 5.75 Å². The summed E-state index contributed by atoms with van der Waals surface area (Å²) in [5.41, 5.74) is 0.0348. The normalized spacial score (nSPS) is 18.0. The maximum Gasteiger partial charge on any atom is 0.416 e. The van der Waals surface area contributed by atoms with Gasteiger partial charge in [-0.3, -0.25) is 4.90 Å². The van der Waals surface area contributed by atoms with E-state index in [-0.39, 0.29) is 11.7 Å². The average Bonchev–Trinajstić information content (AvgIpc) is 3.01. The molecule has 1 heterocycles. The minimum atomic E-state index is -4.35. The fourth-order valence-electron chi connectivity index (χ4n) is 3.07. The van der Waals surface area contributed by atoms with Crippen molar-refractivity contribution < 1.29 is 27.8 Å². The van der Waals surface area contributed by atoms with Gasteiger partial charge in [0.15, 0.2) is 0 Å².